The number of aryl methyl sites for hydroxylation is 4. The average molecular weight is 334 g/mol. The summed E-state index contributed by atoms with van der Waals surface area (Å²) in [5.74, 6) is 0. The van der Waals surface area contributed by atoms with E-state index in [0.717, 1.165) is 25.0 Å². The van der Waals surface area contributed by atoms with Crippen LogP contribution >= 0.6 is 0 Å². The third-order valence-corrected chi connectivity index (χ3v) is 4.36. The summed E-state index contributed by atoms with van der Waals surface area (Å²) in [7, 11) is 0. The Morgan fingerprint density at radius 1 is 0.880 bits per heavy atom. The maximum absolute atomic E-state index is 5.21. The Labute approximate surface area is 153 Å². The molecule has 2 rings (SSSR count). The molecule has 0 fully saturated rings. The van der Waals surface area contributed by atoms with Crippen molar-refractivity contribution in [2.45, 2.75) is 59.9 Å². The molecule has 0 amide bonds. The molecule has 0 bridgehead atoms. The van der Waals surface area contributed by atoms with Gasteiger partial charge in [-0.25, -0.2) is 0 Å². The third-order valence-electron chi connectivity index (χ3n) is 4.36. The van der Waals surface area contributed by atoms with Crippen LogP contribution in [0.1, 0.15) is 59.6 Å². The van der Waals surface area contributed by atoms with E-state index < -0.39 is 0 Å². The summed E-state index contributed by atoms with van der Waals surface area (Å²) in [6, 6.07) is 13.7. The number of benzene rings is 2. The SMILES string of the molecule is C=CC[C@@H](CCC)N=C(c1cc(C)cc(C)c1)c1cc(C)cc(C)c1. The van der Waals surface area contributed by atoms with Crippen molar-refractivity contribution in [2.75, 3.05) is 0 Å². The van der Waals surface area contributed by atoms with Crippen LogP contribution in [0.25, 0.3) is 0 Å². The quantitative estimate of drug-likeness (QED) is 0.405. The first kappa shape index (κ1) is 19.2. The van der Waals surface area contributed by atoms with Crippen LogP contribution in [0.2, 0.25) is 0 Å². The molecular formula is C24H31N. The Bertz CT molecular complexity index is 674. The molecule has 0 spiro atoms. The lowest BCUT2D eigenvalue weighted by Gasteiger charge is -2.16. The first-order valence-electron chi connectivity index (χ1n) is 9.29. The van der Waals surface area contributed by atoms with E-state index in [2.05, 4.69) is 77.6 Å². The molecule has 2 aromatic rings. The third kappa shape index (κ3) is 5.42. The smallest absolute Gasteiger partial charge is 0.0722 e. The van der Waals surface area contributed by atoms with Gasteiger partial charge in [0.25, 0.3) is 0 Å². The Hall–Kier alpha value is -2.15. The zero-order valence-electron chi connectivity index (χ0n) is 16.4. The number of hydrogen-bond donors (Lipinski definition) is 0. The predicted molar refractivity (Wildman–Crippen MR) is 111 cm³/mol. The van der Waals surface area contributed by atoms with Gasteiger partial charge in [0, 0.05) is 11.1 Å². The van der Waals surface area contributed by atoms with Crippen molar-refractivity contribution >= 4 is 5.71 Å². The first-order chi connectivity index (χ1) is 11.9. The second-order valence-electron chi connectivity index (χ2n) is 7.20. The minimum Gasteiger partial charge on any atom is -0.280 e. The van der Waals surface area contributed by atoms with Gasteiger partial charge < -0.3 is 0 Å². The summed E-state index contributed by atoms with van der Waals surface area (Å²) in [6.07, 6.45) is 5.14. The lowest BCUT2D eigenvalue weighted by Crippen LogP contribution is -2.12. The molecule has 0 radical (unpaired) electrons. The van der Waals surface area contributed by atoms with Gasteiger partial charge in [-0.2, -0.15) is 0 Å². The van der Waals surface area contributed by atoms with E-state index in [0.29, 0.717) is 6.04 Å². The normalized spacial score (nSPS) is 11.9. The molecule has 0 aliphatic heterocycles. The summed E-state index contributed by atoms with van der Waals surface area (Å²) in [5, 5.41) is 0. The van der Waals surface area contributed by atoms with Crippen molar-refractivity contribution < 1.29 is 0 Å². The van der Waals surface area contributed by atoms with Crippen LogP contribution in [0.4, 0.5) is 0 Å². The molecule has 0 aliphatic rings. The number of nitrogens with zero attached hydrogens (tertiary/aromatic N) is 1. The largest absolute Gasteiger partial charge is 0.280 e. The van der Waals surface area contributed by atoms with E-state index in [4.69, 9.17) is 4.99 Å². The second-order valence-corrected chi connectivity index (χ2v) is 7.20. The van der Waals surface area contributed by atoms with Crippen molar-refractivity contribution in [3.05, 3.63) is 82.4 Å². The molecule has 0 saturated carbocycles. The highest BCUT2D eigenvalue weighted by Crippen LogP contribution is 2.20. The Balaban J connectivity index is 2.63. The standard InChI is InChI=1S/C24H31N/c1-7-9-23(10-8-2)25-24(21-13-17(3)11-18(4)14-21)22-15-19(5)12-20(6)16-22/h7,11-16,23H,1,8-10H2,2-6H3/t23-/m0/s1. The molecule has 0 unspecified atom stereocenters. The van der Waals surface area contributed by atoms with Gasteiger partial charge in [-0.3, -0.25) is 4.99 Å². The monoisotopic (exact) mass is 333 g/mol. The summed E-state index contributed by atoms with van der Waals surface area (Å²) in [4.78, 5) is 5.21. The zero-order valence-corrected chi connectivity index (χ0v) is 16.4. The molecule has 1 nitrogen and oxygen atoms in total. The minimum absolute atomic E-state index is 0.291. The molecule has 25 heavy (non-hydrogen) atoms. The van der Waals surface area contributed by atoms with Gasteiger partial charge in [-0.05, 0) is 64.8 Å². The van der Waals surface area contributed by atoms with Crippen LogP contribution in [0.5, 0.6) is 0 Å². The highest BCUT2D eigenvalue weighted by atomic mass is 14.8. The van der Waals surface area contributed by atoms with E-state index >= 15 is 0 Å². The van der Waals surface area contributed by atoms with Gasteiger partial charge >= 0.3 is 0 Å². The number of hydrogen-bond acceptors (Lipinski definition) is 1. The fourth-order valence-electron chi connectivity index (χ4n) is 3.48. The molecule has 0 saturated heterocycles. The maximum atomic E-state index is 5.21. The Morgan fingerprint density at radius 2 is 1.32 bits per heavy atom. The van der Waals surface area contributed by atoms with Crippen LogP contribution in [0.15, 0.2) is 54.0 Å². The zero-order chi connectivity index (χ0) is 18.4. The van der Waals surface area contributed by atoms with E-state index in [-0.39, 0.29) is 0 Å². The highest BCUT2D eigenvalue weighted by molar-refractivity contribution is 6.13. The fourth-order valence-corrected chi connectivity index (χ4v) is 3.48. The van der Waals surface area contributed by atoms with Crippen LogP contribution in [0, 0.1) is 27.7 Å². The predicted octanol–water partition coefficient (Wildman–Crippen LogP) is 6.50. The van der Waals surface area contributed by atoms with Crippen molar-refractivity contribution in [3.8, 4) is 0 Å². The van der Waals surface area contributed by atoms with Crippen LogP contribution < -0.4 is 0 Å². The van der Waals surface area contributed by atoms with E-state index in [9.17, 15) is 0 Å². The number of aliphatic imine (C=N–C) groups is 1. The van der Waals surface area contributed by atoms with Crippen LogP contribution in [-0.2, 0) is 0 Å². The Morgan fingerprint density at radius 3 is 1.68 bits per heavy atom. The molecule has 2 aromatic carbocycles. The van der Waals surface area contributed by atoms with Crippen molar-refractivity contribution in [2.24, 2.45) is 4.99 Å². The van der Waals surface area contributed by atoms with Gasteiger partial charge in [-0.1, -0.05) is 53.8 Å². The summed E-state index contributed by atoms with van der Waals surface area (Å²) >= 11 is 0. The maximum Gasteiger partial charge on any atom is 0.0722 e. The molecule has 1 heteroatoms. The highest BCUT2D eigenvalue weighted by Gasteiger charge is 2.13. The van der Waals surface area contributed by atoms with Crippen molar-refractivity contribution in [1.82, 2.24) is 0 Å². The molecule has 0 aliphatic carbocycles. The Kier molecular flexibility index (Phi) is 6.75. The van der Waals surface area contributed by atoms with Gasteiger partial charge in [0.15, 0.2) is 0 Å². The molecule has 0 heterocycles. The first-order valence-corrected chi connectivity index (χ1v) is 9.29. The topological polar surface area (TPSA) is 12.4 Å². The average Bonchev–Trinajstić information content (AvgIpc) is 2.50. The van der Waals surface area contributed by atoms with Crippen LogP contribution in [-0.4, -0.2) is 11.8 Å². The number of rotatable bonds is 7. The second kappa shape index (κ2) is 8.80. The molecular weight excluding hydrogens is 302 g/mol. The van der Waals surface area contributed by atoms with Crippen molar-refractivity contribution in [1.29, 1.82) is 0 Å². The summed E-state index contributed by atoms with van der Waals surface area (Å²) in [6.45, 7) is 14.8. The van der Waals surface area contributed by atoms with E-state index in [1.54, 1.807) is 0 Å². The molecule has 0 N–H and O–H groups in total. The van der Waals surface area contributed by atoms with Crippen LogP contribution in [0.3, 0.4) is 0 Å². The van der Waals surface area contributed by atoms with Gasteiger partial charge in [-0.15, -0.1) is 6.58 Å². The minimum atomic E-state index is 0.291. The summed E-state index contributed by atoms with van der Waals surface area (Å²) < 4.78 is 0. The van der Waals surface area contributed by atoms with Crippen molar-refractivity contribution in [3.63, 3.8) is 0 Å². The lowest BCUT2D eigenvalue weighted by atomic mass is 9.95. The lowest BCUT2D eigenvalue weighted by molar-refractivity contribution is 0.614. The molecule has 132 valence electrons. The molecule has 0 aromatic heterocycles. The van der Waals surface area contributed by atoms with Gasteiger partial charge in [0.2, 0.25) is 0 Å². The fraction of sp³-hybridized carbons (Fsp3) is 0.375. The van der Waals surface area contributed by atoms with Gasteiger partial charge in [0.05, 0.1) is 11.8 Å². The van der Waals surface area contributed by atoms with E-state index in [1.165, 1.54) is 33.4 Å². The summed E-state index contributed by atoms with van der Waals surface area (Å²) in [5.41, 5.74) is 8.66. The molecule has 1 atom stereocenters. The van der Waals surface area contributed by atoms with E-state index in [1.807, 2.05) is 6.08 Å². The van der Waals surface area contributed by atoms with Gasteiger partial charge in [0.1, 0.15) is 0 Å².